The topological polar surface area (TPSA) is 47.7 Å². The van der Waals surface area contributed by atoms with Gasteiger partial charge < -0.3 is 15.2 Å². The summed E-state index contributed by atoms with van der Waals surface area (Å²) in [5.41, 5.74) is 7.51. The van der Waals surface area contributed by atoms with Crippen LogP contribution < -0.4 is 15.2 Å². The van der Waals surface area contributed by atoms with Crippen LogP contribution in [0.15, 0.2) is 18.2 Å². The number of nitrogens with two attached hydrogens (primary N) is 1. The molecule has 0 aromatic heterocycles. The Balaban J connectivity index is 2.08. The quantitative estimate of drug-likeness (QED) is 0.875. The number of hydrogen-bond acceptors (Lipinski definition) is 4. The molecule has 2 rings (SSSR count). The number of likely N-dealkylation sites (N-methyl/N-ethyl adjacent to an activating group) is 1. The fourth-order valence-electron chi connectivity index (χ4n) is 2.65. The maximum atomic E-state index is 6.40. The molecule has 1 aromatic rings. The third-order valence-electron chi connectivity index (χ3n) is 4.25. The number of ether oxygens (including phenoxy) is 2. The molecule has 0 aliphatic carbocycles. The summed E-state index contributed by atoms with van der Waals surface area (Å²) in [5, 5.41) is 0. The van der Waals surface area contributed by atoms with Gasteiger partial charge in [0, 0.05) is 25.0 Å². The lowest BCUT2D eigenvalue weighted by Crippen LogP contribution is -2.38. The van der Waals surface area contributed by atoms with E-state index in [4.69, 9.17) is 15.2 Å². The van der Waals surface area contributed by atoms with E-state index in [0.29, 0.717) is 12.6 Å². The molecule has 1 aliphatic heterocycles. The third-order valence-corrected chi connectivity index (χ3v) is 4.25. The standard InChI is InChI=1S/C17H28N2O2/c1-4-13(3)19(5-2)12-15(18)14-7-8-16-17(11-14)21-10-6-9-20-16/h7-8,11,13,15H,4-6,9-10,12,18H2,1-3H3. The molecule has 0 saturated carbocycles. The van der Waals surface area contributed by atoms with Crippen molar-refractivity contribution in [3.8, 4) is 11.5 Å². The fourth-order valence-corrected chi connectivity index (χ4v) is 2.65. The summed E-state index contributed by atoms with van der Waals surface area (Å²) < 4.78 is 11.4. The van der Waals surface area contributed by atoms with E-state index in [-0.39, 0.29) is 6.04 Å². The number of hydrogen-bond donors (Lipinski definition) is 1. The molecule has 4 nitrogen and oxygen atoms in total. The maximum absolute atomic E-state index is 6.40. The molecule has 2 unspecified atom stereocenters. The minimum atomic E-state index is -0.00361. The van der Waals surface area contributed by atoms with Crippen LogP contribution in [0.2, 0.25) is 0 Å². The highest BCUT2D eigenvalue weighted by Crippen LogP contribution is 2.32. The second-order valence-electron chi connectivity index (χ2n) is 5.71. The summed E-state index contributed by atoms with van der Waals surface area (Å²) in [5.74, 6) is 1.66. The van der Waals surface area contributed by atoms with Crippen LogP contribution in [0.3, 0.4) is 0 Å². The second kappa shape index (κ2) is 7.66. The van der Waals surface area contributed by atoms with E-state index in [2.05, 4.69) is 31.7 Å². The summed E-state index contributed by atoms with van der Waals surface area (Å²) in [6.07, 6.45) is 2.06. The van der Waals surface area contributed by atoms with E-state index >= 15 is 0 Å². The molecule has 0 radical (unpaired) electrons. The highest BCUT2D eigenvalue weighted by molar-refractivity contribution is 5.44. The van der Waals surface area contributed by atoms with E-state index in [1.165, 1.54) is 0 Å². The average molecular weight is 292 g/mol. The molecule has 21 heavy (non-hydrogen) atoms. The number of fused-ring (bicyclic) bond motifs is 1. The Morgan fingerprint density at radius 2 is 1.90 bits per heavy atom. The van der Waals surface area contributed by atoms with Gasteiger partial charge in [-0.2, -0.15) is 0 Å². The molecule has 1 aliphatic rings. The van der Waals surface area contributed by atoms with E-state index in [0.717, 1.165) is 49.6 Å². The summed E-state index contributed by atoms with van der Waals surface area (Å²) >= 11 is 0. The third kappa shape index (κ3) is 4.11. The molecule has 0 bridgehead atoms. The molecule has 4 heteroatoms. The summed E-state index contributed by atoms with van der Waals surface area (Å²) in [7, 11) is 0. The molecule has 2 N–H and O–H groups in total. The number of rotatable bonds is 6. The number of nitrogens with zero attached hydrogens (tertiary/aromatic N) is 1. The molecule has 118 valence electrons. The lowest BCUT2D eigenvalue weighted by molar-refractivity contribution is 0.202. The van der Waals surface area contributed by atoms with Gasteiger partial charge in [0.25, 0.3) is 0 Å². The van der Waals surface area contributed by atoms with Crippen LogP contribution >= 0.6 is 0 Å². The minimum absolute atomic E-state index is 0.00361. The zero-order valence-electron chi connectivity index (χ0n) is 13.5. The molecule has 0 spiro atoms. The molecule has 1 aromatic carbocycles. The zero-order chi connectivity index (χ0) is 15.2. The molecule has 0 saturated heterocycles. The Kier molecular flexibility index (Phi) is 5.88. The highest BCUT2D eigenvalue weighted by atomic mass is 16.5. The van der Waals surface area contributed by atoms with Gasteiger partial charge in [-0.15, -0.1) is 0 Å². The first kappa shape index (κ1) is 16.1. The monoisotopic (exact) mass is 292 g/mol. The van der Waals surface area contributed by atoms with Crippen molar-refractivity contribution in [1.29, 1.82) is 0 Å². The molecular weight excluding hydrogens is 264 g/mol. The summed E-state index contributed by atoms with van der Waals surface area (Å²) in [4.78, 5) is 2.42. The van der Waals surface area contributed by atoms with Gasteiger partial charge in [-0.3, -0.25) is 4.90 Å². The molecule has 0 fully saturated rings. The molecule has 2 atom stereocenters. The first-order valence-electron chi connectivity index (χ1n) is 8.04. The molecule has 1 heterocycles. The van der Waals surface area contributed by atoms with Crippen molar-refractivity contribution in [2.45, 2.75) is 45.7 Å². The first-order valence-corrected chi connectivity index (χ1v) is 8.04. The Morgan fingerprint density at radius 1 is 1.19 bits per heavy atom. The Hall–Kier alpha value is -1.26. The minimum Gasteiger partial charge on any atom is -0.490 e. The van der Waals surface area contributed by atoms with Crippen molar-refractivity contribution in [3.05, 3.63) is 23.8 Å². The zero-order valence-corrected chi connectivity index (χ0v) is 13.5. The lowest BCUT2D eigenvalue weighted by Gasteiger charge is -2.29. The van der Waals surface area contributed by atoms with Crippen LogP contribution in [0.4, 0.5) is 0 Å². The van der Waals surface area contributed by atoms with Crippen molar-refractivity contribution in [3.63, 3.8) is 0 Å². The van der Waals surface area contributed by atoms with Crippen LogP contribution in [0.1, 0.15) is 45.2 Å². The van der Waals surface area contributed by atoms with Gasteiger partial charge >= 0.3 is 0 Å². The Morgan fingerprint density at radius 3 is 2.57 bits per heavy atom. The highest BCUT2D eigenvalue weighted by Gasteiger charge is 2.18. The fraction of sp³-hybridized carbons (Fsp3) is 0.647. The Bertz CT molecular complexity index is 450. The van der Waals surface area contributed by atoms with Gasteiger partial charge in [-0.05, 0) is 37.6 Å². The van der Waals surface area contributed by atoms with E-state index < -0.39 is 0 Å². The Labute approximate surface area is 128 Å². The summed E-state index contributed by atoms with van der Waals surface area (Å²) in [6, 6.07) is 6.63. The predicted octanol–water partition coefficient (Wildman–Crippen LogP) is 2.97. The smallest absolute Gasteiger partial charge is 0.161 e. The molecule has 0 amide bonds. The van der Waals surface area contributed by atoms with Gasteiger partial charge in [-0.25, -0.2) is 0 Å². The average Bonchev–Trinajstić information content (AvgIpc) is 2.76. The van der Waals surface area contributed by atoms with Crippen LogP contribution in [-0.4, -0.2) is 37.2 Å². The van der Waals surface area contributed by atoms with Gasteiger partial charge in [0.15, 0.2) is 11.5 Å². The number of benzene rings is 1. The largest absolute Gasteiger partial charge is 0.490 e. The normalized spacial score (nSPS) is 17.4. The van der Waals surface area contributed by atoms with Crippen LogP contribution in [0, 0.1) is 0 Å². The van der Waals surface area contributed by atoms with Crippen molar-refractivity contribution in [2.75, 3.05) is 26.3 Å². The maximum Gasteiger partial charge on any atom is 0.161 e. The van der Waals surface area contributed by atoms with Crippen molar-refractivity contribution in [2.24, 2.45) is 5.73 Å². The molecular formula is C17H28N2O2. The second-order valence-corrected chi connectivity index (χ2v) is 5.71. The van der Waals surface area contributed by atoms with E-state index in [1.807, 2.05) is 12.1 Å². The van der Waals surface area contributed by atoms with Crippen LogP contribution in [0.25, 0.3) is 0 Å². The van der Waals surface area contributed by atoms with E-state index in [9.17, 15) is 0 Å². The van der Waals surface area contributed by atoms with E-state index in [1.54, 1.807) is 0 Å². The SMILES string of the molecule is CCC(C)N(CC)CC(N)c1ccc2c(c1)OCCCO2. The first-order chi connectivity index (χ1) is 10.2. The van der Waals surface area contributed by atoms with Crippen molar-refractivity contribution < 1.29 is 9.47 Å². The van der Waals surface area contributed by atoms with Gasteiger partial charge in [-0.1, -0.05) is 19.9 Å². The van der Waals surface area contributed by atoms with Gasteiger partial charge in [0.2, 0.25) is 0 Å². The van der Waals surface area contributed by atoms with Gasteiger partial charge in [0.1, 0.15) is 0 Å². The lowest BCUT2D eigenvalue weighted by atomic mass is 10.1. The van der Waals surface area contributed by atoms with Crippen LogP contribution in [-0.2, 0) is 0 Å². The predicted molar refractivity (Wildman–Crippen MR) is 86.0 cm³/mol. The van der Waals surface area contributed by atoms with Gasteiger partial charge in [0.05, 0.1) is 13.2 Å². The summed E-state index contributed by atoms with van der Waals surface area (Å²) in [6.45, 7) is 9.97. The van der Waals surface area contributed by atoms with Crippen LogP contribution in [0.5, 0.6) is 11.5 Å². The van der Waals surface area contributed by atoms with Crippen molar-refractivity contribution in [1.82, 2.24) is 4.90 Å². The van der Waals surface area contributed by atoms with Crippen molar-refractivity contribution >= 4 is 0 Å².